The highest BCUT2D eigenvalue weighted by Gasteiger charge is 2.61. The number of hydrogen-bond acceptors (Lipinski definition) is 2. The molecule has 1 aromatic rings. The molecule has 1 saturated heterocycles. The van der Waals surface area contributed by atoms with E-state index in [2.05, 4.69) is 0 Å². The minimum Gasteiger partial charge on any atom is -0.341 e. The summed E-state index contributed by atoms with van der Waals surface area (Å²) < 4.78 is 0. The van der Waals surface area contributed by atoms with E-state index in [9.17, 15) is 9.59 Å². The van der Waals surface area contributed by atoms with Gasteiger partial charge in [-0.25, -0.2) is 0 Å². The van der Waals surface area contributed by atoms with Gasteiger partial charge in [-0.15, -0.1) is 0 Å². The first-order valence-electron chi connectivity index (χ1n) is 9.38. The highest BCUT2D eigenvalue weighted by Crippen LogP contribution is 2.65. The van der Waals surface area contributed by atoms with Gasteiger partial charge in [0.15, 0.2) is 0 Å². The quantitative estimate of drug-likeness (QED) is 0.830. The van der Waals surface area contributed by atoms with Gasteiger partial charge in [0, 0.05) is 37.1 Å². The van der Waals surface area contributed by atoms with Crippen LogP contribution in [0.4, 0.5) is 0 Å². The van der Waals surface area contributed by atoms with E-state index in [0.717, 1.165) is 31.5 Å². The molecule has 2 amide bonds. The van der Waals surface area contributed by atoms with E-state index in [-0.39, 0.29) is 11.8 Å². The van der Waals surface area contributed by atoms with Gasteiger partial charge in [0.1, 0.15) is 0 Å². The predicted octanol–water partition coefficient (Wildman–Crippen LogP) is 3.13. The molecule has 5 heteroatoms. The number of benzene rings is 1. The summed E-state index contributed by atoms with van der Waals surface area (Å²) in [6.45, 7) is 2.86. The predicted molar refractivity (Wildman–Crippen MR) is 97.3 cm³/mol. The van der Waals surface area contributed by atoms with Crippen molar-refractivity contribution in [1.82, 2.24) is 9.80 Å². The smallest absolute Gasteiger partial charge is 0.227 e. The van der Waals surface area contributed by atoms with Gasteiger partial charge in [-0.3, -0.25) is 9.59 Å². The molecule has 1 aromatic carbocycles. The number of rotatable bonds is 3. The lowest BCUT2D eigenvalue weighted by atomic mass is 9.79. The SMILES string of the molecule is O=C(Cc1ccc(Cl)cc1)N1CCCN(C(=O)C2CC23CCC3)CC1. The number of amides is 2. The minimum absolute atomic E-state index is 0.138. The zero-order valence-corrected chi connectivity index (χ0v) is 15.3. The summed E-state index contributed by atoms with van der Waals surface area (Å²) in [7, 11) is 0. The molecule has 1 spiro atoms. The van der Waals surface area contributed by atoms with Crippen molar-refractivity contribution < 1.29 is 9.59 Å². The average Bonchev–Trinajstić information content (AvgIpc) is 3.36. The van der Waals surface area contributed by atoms with E-state index < -0.39 is 0 Å². The summed E-state index contributed by atoms with van der Waals surface area (Å²) >= 11 is 5.90. The van der Waals surface area contributed by atoms with Crippen molar-refractivity contribution in [3.8, 4) is 0 Å². The Bertz CT molecular complexity index is 669. The lowest BCUT2D eigenvalue weighted by Crippen LogP contribution is -2.39. The van der Waals surface area contributed by atoms with Gasteiger partial charge in [-0.1, -0.05) is 30.2 Å². The topological polar surface area (TPSA) is 40.6 Å². The van der Waals surface area contributed by atoms with Crippen molar-refractivity contribution in [3.05, 3.63) is 34.9 Å². The number of carbonyl (C=O) groups excluding carboxylic acids is 2. The lowest BCUT2D eigenvalue weighted by Gasteiger charge is -2.28. The summed E-state index contributed by atoms with van der Waals surface area (Å²) in [6, 6.07) is 7.44. The van der Waals surface area contributed by atoms with Crippen molar-refractivity contribution in [2.45, 2.75) is 38.5 Å². The van der Waals surface area contributed by atoms with Crippen molar-refractivity contribution in [2.75, 3.05) is 26.2 Å². The van der Waals surface area contributed by atoms with Crippen LogP contribution < -0.4 is 0 Å². The second-order valence-electron chi connectivity index (χ2n) is 7.84. The Kier molecular flexibility index (Phi) is 4.48. The van der Waals surface area contributed by atoms with Crippen LogP contribution >= 0.6 is 11.6 Å². The molecule has 1 aliphatic heterocycles. The molecular formula is C20H25ClN2O2. The van der Waals surface area contributed by atoms with Crippen LogP contribution in [0.1, 0.15) is 37.7 Å². The van der Waals surface area contributed by atoms with E-state index in [1.807, 2.05) is 34.1 Å². The Morgan fingerprint density at radius 1 is 1.00 bits per heavy atom. The van der Waals surface area contributed by atoms with Crippen molar-refractivity contribution in [2.24, 2.45) is 11.3 Å². The van der Waals surface area contributed by atoms with Gasteiger partial charge in [-0.2, -0.15) is 0 Å². The third-order valence-corrected chi connectivity index (χ3v) is 6.52. The molecular weight excluding hydrogens is 336 g/mol. The fourth-order valence-corrected chi connectivity index (χ4v) is 4.50. The molecule has 2 saturated carbocycles. The van der Waals surface area contributed by atoms with Crippen molar-refractivity contribution in [3.63, 3.8) is 0 Å². The second kappa shape index (κ2) is 6.64. The fourth-order valence-electron chi connectivity index (χ4n) is 4.38. The summed E-state index contributed by atoms with van der Waals surface area (Å²) in [5, 5.41) is 0.685. The molecule has 1 heterocycles. The molecule has 25 heavy (non-hydrogen) atoms. The van der Waals surface area contributed by atoms with Crippen LogP contribution in [0, 0.1) is 11.3 Å². The van der Waals surface area contributed by atoms with Crippen LogP contribution in [-0.4, -0.2) is 47.8 Å². The molecule has 2 aliphatic carbocycles. The third kappa shape index (κ3) is 3.41. The molecule has 1 unspecified atom stereocenters. The maximum Gasteiger partial charge on any atom is 0.227 e. The second-order valence-corrected chi connectivity index (χ2v) is 8.27. The molecule has 0 radical (unpaired) electrons. The number of hydrogen-bond donors (Lipinski definition) is 0. The molecule has 0 N–H and O–H groups in total. The maximum absolute atomic E-state index is 12.7. The highest BCUT2D eigenvalue weighted by molar-refractivity contribution is 6.30. The molecule has 0 aromatic heterocycles. The standard InChI is InChI=1S/C20H25ClN2O2/c21-16-5-3-15(4-6-16)13-18(24)22-9-2-10-23(12-11-22)19(25)17-14-20(17)7-1-8-20/h3-6,17H,1-2,7-14H2. The Hall–Kier alpha value is -1.55. The van der Waals surface area contributed by atoms with E-state index in [1.54, 1.807) is 0 Å². The van der Waals surface area contributed by atoms with Crippen LogP contribution in [-0.2, 0) is 16.0 Å². The first-order valence-corrected chi connectivity index (χ1v) is 9.76. The van der Waals surface area contributed by atoms with E-state index in [4.69, 9.17) is 11.6 Å². The first-order chi connectivity index (χ1) is 12.1. The van der Waals surface area contributed by atoms with Gasteiger partial charge in [0.25, 0.3) is 0 Å². The van der Waals surface area contributed by atoms with Gasteiger partial charge in [0.2, 0.25) is 11.8 Å². The molecule has 3 aliphatic rings. The van der Waals surface area contributed by atoms with Gasteiger partial charge in [0.05, 0.1) is 6.42 Å². The molecule has 3 fully saturated rings. The van der Waals surface area contributed by atoms with Crippen molar-refractivity contribution >= 4 is 23.4 Å². The van der Waals surface area contributed by atoms with Gasteiger partial charge < -0.3 is 9.80 Å². The van der Waals surface area contributed by atoms with Crippen LogP contribution in [0.25, 0.3) is 0 Å². The number of nitrogens with zero attached hydrogens (tertiary/aromatic N) is 2. The van der Waals surface area contributed by atoms with Crippen LogP contribution in [0.3, 0.4) is 0 Å². The Balaban J connectivity index is 1.31. The molecule has 0 bridgehead atoms. The van der Waals surface area contributed by atoms with Crippen LogP contribution in [0.2, 0.25) is 5.02 Å². The first kappa shape index (κ1) is 16.9. The fraction of sp³-hybridized carbons (Fsp3) is 0.600. The Morgan fingerprint density at radius 2 is 1.68 bits per heavy atom. The largest absolute Gasteiger partial charge is 0.341 e. The molecule has 4 rings (SSSR count). The van der Waals surface area contributed by atoms with Crippen LogP contribution in [0.15, 0.2) is 24.3 Å². The Labute approximate surface area is 154 Å². The summed E-state index contributed by atoms with van der Waals surface area (Å²) in [6.07, 6.45) is 6.14. The van der Waals surface area contributed by atoms with Crippen LogP contribution in [0.5, 0.6) is 0 Å². The average molecular weight is 361 g/mol. The lowest BCUT2D eigenvalue weighted by molar-refractivity contribution is -0.135. The third-order valence-electron chi connectivity index (χ3n) is 6.27. The summed E-state index contributed by atoms with van der Waals surface area (Å²) in [5.41, 5.74) is 1.37. The minimum atomic E-state index is 0.138. The summed E-state index contributed by atoms with van der Waals surface area (Å²) in [4.78, 5) is 29.2. The van der Waals surface area contributed by atoms with Gasteiger partial charge in [-0.05, 0) is 48.8 Å². The van der Waals surface area contributed by atoms with Crippen molar-refractivity contribution in [1.29, 1.82) is 0 Å². The summed E-state index contributed by atoms with van der Waals surface area (Å²) in [5.74, 6) is 0.753. The van der Waals surface area contributed by atoms with E-state index >= 15 is 0 Å². The zero-order valence-electron chi connectivity index (χ0n) is 14.5. The normalized spacial score (nSPS) is 24.6. The van der Waals surface area contributed by atoms with E-state index in [0.29, 0.717) is 35.9 Å². The molecule has 134 valence electrons. The number of carbonyl (C=O) groups is 2. The van der Waals surface area contributed by atoms with E-state index in [1.165, 1.54) is 19.3 Å². The maximum atomic E-state index is 12.7. The molecule has 1 atom stereocenters. The number of halogens is 1. The Morgan fingerprint density at radius 3 is 2.32 bits per heavy atom. The highest BCUT2D eigenvalue weighted by atomic mass is 35.5. The molecule has 4 nitrogen and oxygen atoms in total. The monoisotopic (exact) mass is 360 g/mol. The zero-order chi connectivity index (χ0) is 17.4. The van der Waals surface area contributed by atoms with Gasteiger partial charge >= 0.3 is 0 Å².